The average molecular weight is 452 g/mol. The number of para-hydroxylation sites is 2. The fourth-order valence-corrected chi connectivity index (χ4v) is 3.85. The summed E-state index contributed by atoms with van der Waals surface area (Å²) in [6.07, 6.45) is 1.63. The van der Waals surface area contributed by atoms with Crippen molar-refractivity contribution < 1.29 is 9.90 Å². The van der Waals surface area contributed by atoms with Gasteiger partial charge in [0.05, 0.1) is 21.8 Å². The number of hydrogen-bond donors (Lipinski definition) is 2. The van der Waals surface area contributed by atoms with Crippen LogP contribution in [0.15, 0.2) is 71.8 Å². The van der Waals surface area contributed by atoms with E-state index in [0.717, 1.165) is 27.7 Å². The van der Waals surface area contributed by atoms with Crippen molar-refractivity contribution in [3.8, 4) is 5.75 Å². The van der Waals surface area contributed by atoms with Crippen LogP contribution in [0.2, 0.25) is 10.0 Å². The normalized spacial score (nSPS) is 11.3. The molecule has 2 N–H and O–H groups in total. The summed E-state index contributed by atoms with van der Waals surface area (Å²) in [4.78, 5) is 12.3. The Bertz CT molecular complexity index is 1310. The Kier molecular flexibility index (Phi) is 5.98. The smallest absolute Gasteiger partial charge is 0.275 e. The summed E-state index contributed by atoms with van der Waals surface area (Å²) in [7, 11) is 0. The first-order chi connectivity index (χ1) is 15.0. The zero-order chi connectivity index (χ0) is 22.0. The number of hydrazone groups is 1. The van der Waals surface area contributed by atoms with Gasteiger partial charge in [0.25, 0.3) is 5.91 Å². The molecule has 1 aromatic heterocycles. The number of carbonyl (C=O) groups excluding carboxylic acids is 1. The molecule has 0 aliphatic carbocycles. The highest BCUT2D eigenvalue weighted by Crippen LogP contribution is 2.28. The average Bonchev–Trinajstić information content (AvgIpc) is 3.02. The maximum absolute atomic E-state index is 12.3. The molecular weight excluding hydrogens is 433 g/mol. The van der Waals surface area contributed by atoms with Crippen molar-refractivity contribution in [1.29, 1.82) is 0 Å². The van der Waals surface area contributed by atoms with Crippen LogP contribution in [0.1, 0.15) is 27.2 Å². The summed E-state index contributed by atoms with van der Waals surface area (Å²) >= 11 is 12.2. The Morgan fingerprint density at radius 3 is 2.58 bits per heavy atom. The van der Waals surface area contributed by atoms with E-state index in [1.54, 1.807) is 24.4 Å². The standard InChI is InChI=1S/C24H19Cl2N3O2/c1-15-19(13-27-28-24(31)18-7-3-5-9-23(18)30)17-6-2-4-8-22(17)29(15)14-16-10-11-20(25)21(26)12-16/h2-13,30H,14H2,1H3,(H,28,31)/b27-13-. The van der Waals surface area contributed by atoms with Crippen LogP contribution in [0.25, 0.3) is 10.9 Å². The highest BCUT2D eigenvalue weighted by Gasteiger charge is 2.14. The van der Waals surface area contributed by atoms with Crippen molar-refractivity contribution in [3.05, 3.63) is 99.2 Å². The lowest BCUT2D eigenvalue weighted by atomic mass is 10.1. The Hall–Kier alpha value is -3.28. The summed E-state index contributed by atoms with van der Waals surface area (Å²) < 4.78 is 2.17. The van der Waals surface area contributed by atoms with Gasteiger partial charge in [0.2, 0.25) is 0 Å². The molecular formula is C24H19Cl2N3O2. The fraction of sp³-hybridized carbons (Fsp3) is 0.0833. The van der Waals surface area contributed by atoms with Crippen LogP contribution in [0.4, 0.5) is 0 Å². The number of rotatable bonds is 5. The van der Waals surface area contributed by atoms with E-state index in [4.69, 9.17) is 23.2 Å². The van der Waals surface area contributed by atoms with E-state index in [1.165, 1.54) is 12.1 Å². The molecule has 0 fully saturated rings. The van der Waals surface area contributed by atoms with Crippen molar-refractivity contribution in [2.75, 3.05) is 0 Å². The van der Waals surface area contributed by atoms with Gasteiger partial charge in [-0.15, -0.1) is 0 Å². The molecule has 0 radical (unpaired) electrons. The van der Waals surface area contributed by atoms with Gasteiger partial charge in [-0.1, -0.05) is 59.6 Å². The second-order valence-corrected chi connectivity index (χ2v) is 7.88. The molecule has 1 heterocycles. The van der Waals surface area contributed by atoms with Gasteiger partial charge in [0.1, 0.15) is 5.75 Å². The van der Waals surface area contributed by atoms with Crippen LogP contribution in [-0.2, 0) is 6.54 Å². The minimum atomic E-state index is -0.480. The van der Waals surface area contributed by atoms with Crippen LogP contribution < -0.4 is 5.43 Å². The van der Waals surface area contributed by atoms with Gasteiger partial charge < -0.3 is 9.67 Å². The lowest BCUT2D eigenvalue weighted by Crippen LogP contribution is -2.17. The van der Waals surface area contributed by atoms with Crippen LogP contribution >= 0.6 is 23.2 Å². The number of phenolic OH excluding ortho intramolecular Hbond substituents is 1. The highest BCUT2D eigenvalue weighted by atomic mass is 35.5. The van der Waals surface area contributed by atoms with Crippen molar-refractivity contribution in [3.63, 3.8) is 0 Å². The molecule has 0 spiro atoms. The lowest BCUT2D eigenvalue weighted by Gasteiger charge is -2.09. The van der Waals surface area contributed by atoms with E-state index >= 15 is 0 Å². The van der Waals surface area contributed by atoms with E-state index in [0.29, 0.717) is 16.6 Å². The molecule has 0 unspecified atom stereocenters. The molecule has 156 valence electrons. The van der Waals surface area contributed by atoms with Gasteiger partial charge in [-0.05, 0) is 42.8 Å². The molecule has 0 aliphatic rings. The van der Waals surface area contributed by atoms with Crippen LogP contribution in [0, 0.1) is 6.92 Å². The number of hydrogen-bond acceptors (Lipinski definition) is 3. The topological polar surface area (TPSA) is 66.6 Å². The summed E-state index contributed by atoms with van der Waals surface area (Å²) in [6, 6.07) is 19.9. The van der Waals surface area contributed by atoms with E-state index < -0.39 is 5.91 Å². The third-order valence-corrected chi connectivity index (χ3v) is 5.85. The Morgan fingerprint density at radius 1 is 1.06 bits per heavy atom. The van der Waals surface area contributed by atoms with Gasteiger partial charge in [-0.25, -0.2) is 5.43 Å². The number of aromatic hydroxyl groups is 1. The zero-order valence-electron chi connectivity index (χ0n) is 16.6. The third kappa shape index (κ3) is 4.29. The number of fused-ring (bicyclic) bond motifs is 1. The van der Waals surface area contributed by atoms with Crippen LogP contribution in [-0.4, -0.2) is 21.8 Å². The highest BCUT2D eigenvalue weighted by molar-refractivity contribution is 6.42. The number of carbonyl (C=O) groups is 1. The number of amides is 1. The van der Waals surface area contributed by atoms with E-state index in [-0.39, 0.29) is 11.3 Å². The Morgan fingerprint density at radius 2 is 1.81 bits per heavy atom. The number of phenols is 1. The maximum atomic E-state index is 12.3. The molecule has 7 heteroatoms. The van der Waals surface area contributed by atoms with Crippen molar-refractivity contribution in [2.45, 2.75) is 13.5 Å². The molecule has 0 aliphatic heterocycles. The molecule has 0 saturated heterocycles. The second kappa shape index (κ2) is 8.84. The quantitative estimate of drug-likeness (QED) is 0.298. The van der Waals surface area contributed by atoms with Gasteiger partial charge in [-0.3, -0.25) is 4.79 Å². The molecule has 0 bridgehead atoms. The molecule has 5 nitrogen and oxygen atoms in total. The third-order valence-electron chi connectivity index (χ3n) is 5.11. The van der Waals surface area contributed by atoms with Crippen LogP contribution in [0.5, 0.6) is 5.75 Å². The number of aromatic nitrogens is 1. The van der Waals surface area contributed by atoms with E-state index in [2.05, 4.69) is 15.1 Å². The van der Waals surface area contributed by atoms with Crippen molar-refractivity contribution >= 4 is 46.2 Å². The Labute approximate surface area is 189 Å². The van der Waals surface area contributed by atoms with E-state index in [9.17, 15) is 9.90 Å². The molecule has 3 aromatic carbocycles. The number of nitrogens with zero attached hydrogens (tertiary/aromatic N) is 2. The molecule has 4 aromatic rings. The molecule has 0 atom stereocenters. The largest absolute Gasteiger partial charge is 0.507 e. The first-order valence-corrected chi connectivity index (χ1v) is 10.3. The van der Waals surface area contributed by atoms with Gasteiger partial charge in [0.15, 0.2) is 0 Å². The van der Waals surface area contributed by atoms with Crippen LogP contribution in [0.3, 0.4) is 0 Å². The Balaban J connectivity index is 1.65. The second-order valence-electron chi connectivity index (χ2n) is 7.07. The number of halogens is 2. The summed E-state index contributed by atoms with van der Waals surface area (Å²) in [5.74, 6) is -0.573. The summed E-state index contributed by atoms with van der Waals surface area (Å²) in [5.41, 5.74) is 6.60. The van der Waals surface area contributed by atoms with Crippen molar-refractivity contribution in [2.24, 2.45) is 5.10 Å². The monoisotopic (exact) mass is 451 g/mol. The predicted molar refractivity (Wildman–Crippen MR) is 125 cm³/mol. The van der Waals surface area contributed by atoms with Gasteiger partial charge in [0, 0.05) is 28.7 Å². The zero-order valence-corrected chi connectivity index (χ0v) is 18.2. The number of benzene rings is 3. The molecule has 1 amide bonds. The first kappa shape index (κ1) is 21.0. The fourth-order valence-electron chi connectivity index (χ4n) is 3.53. The van der Waals surface area contributed by atoms with Gasteiger partial charge >= 0.3 is 0 Å². The summed E-state index contributed by atoms with van der Waals surface area (Å²) in [5, 5.41) is 16.0. The minimum absolute atomic E-state index is 0.0930. The predicted octanol–water partition coefficient (Wildman–Crippen LogP) is 5.77. The lowest BCUT2D eigenvalue weighted by molar-refractivity contribution is 0.0952. The van der Waals surface area contributed by atoms with Crippen molar-refractivity contribution in [1.82, 2.24) is 9.99 Å². The molecule has 4 rings (SSSR count). The maximum Gasteiger partial charge on any atom is 0.275 e. The van der Waals surface area contributed by atoms with Gasteiger partial charge in [-0.2, -0.15) is 5.10 Å². The SMILES string of the molecule is Cc1c(/C=N\NC(=O)c2ccccc2O)c2ccccc2n1Cc1ccc(Cl)c(Cl)c1. The first-order valence-electron chi connectivity index (χ1n) is 9.59. The van der Waals surface area contributed by atoms with E-state index in [1.807, 2.05) is 43.3 Å². The number of nitrogens with one attached hydrogen (secondary N) is 1. The minimum Gasteiger partial charge on any atom is -0.507 e. The summed E-state index contributed by atoms with van der Waals surface area (Å²) in [6.45, 7) is 2.62. The molecule has 31 heavy (non-hydrogen) atoms. The molecule has 0 saturated carbocycles.